The number of carbonyl (C=O) groups is 2. The molecule has 0 bridgehead atoms. The Hall–Kier alpha value is -1.43. The van der Waals surface area contributed by atoms with Gasteiger partial charge in [-0.05, 0) is 12.1 Å². The molecular formula is C9H5F2NO2S. The van der Waals surface area contributed by atoms with Gasteiger partial charge in [-0.15, -0.1) is 0 Å². The van der Waals surface area contributed by atoms with Crippen molar-refractivity contribution in [1.29, 1.82) is 0 Å². The lowest BCUT2D eigenvalue weighted by Crippen LogP contribution is -2.23. The zero-order valence-electron chi connectivity index (χ0n) is 7.31. The van der Waals surface area contributed by atoms with E-state index in [1.165, 1.54) is 12.1 Å². The molecule has 0 saturated heterocycles. The summed E-state index contributed by atoms with van der Waals surface area (Å²) in [6.07, 6.45) is 0. The summed E-state index contributed by atoms with van der Waals surface area (Å²) >= 11 is -0.0643. The molecule has 3 nitrogen and oxygen atoms in total. The standard InChI is InChI=1S/C9H5F2NO2S/c10-9(11)15-12-7(13)5-3-1-2-4-6(5)8(12)14/h1-4,9H. The van der Waals surface area contributed by atoms with Crippen LogP contribution in [-0.4, -0.2) is 21.9 Å². The highest BCUT2D eigenvalue weighted by Crippen LogP contribution is 2.31. The Morgan fingerprint density at radius 3 is 1.93 bits per heavy atom. The normalized spacial score (nSPS) is 15.0. The smallest absolute Gasteiger partial charge is 0.268 e. The average Bonchev–Trinajstić information content (AvgIpc) is 2.44. The van der Waals surface area contributed by atoms with Crippen molar-refractivity contribution < 1.29 is 18.4 Å². The molecule has 1 aromatic carbocycles. The summed E-state index contributed by atoms with van der Waals surface area (Å²) in [5.41, 5.74) is 0.353. The molecule has 0 aliphatic carbocycles. The van der Waals surface area contributed by atoms with E-state index in [-0.39, 0.29) is 23.1 Å². The summed E-state index contributed by atoms with van der Waals surface area (Å²) in [5, 5.41) is 0. The Balaban J connectivity index is 2.37. The summed E-state index contributed by atoms with van der Waals surface area (Å²) in [6.45, 7) is 0. The van der Waals surface area contributed by atoms with Gasteiger partial charge in [0, 0.05) is 11.9 Å². The number of fused-ring (bicyclic) bond motifs is 1. The number of benzene rings is 1. The van der Waals surface area contributed by atoms with Crippen molar-refractivity contribution in [2.75, 3.05) is 0 Å². The molecule has 0 saturated carbocycles. The van der Waals surface area contributed by atoms with Crippen LogP contribution in [-0.2, 0) is 0 Å². The monoisotopic (exact) mass is 229 g/mol. The van der Waals surface area contributed by atoms with Crippen LogP contribution in [0.2, 0.25) is 0 Å². The third-order valence-electron chi connectivity index (χ3n) is 1.94. The third kappa shape index (κ3) is 1.61. The van der Waals surface area contributed by atoms with E-state index in [4.69, 9.17) is 0 Å². The molecule has 1 aliphatic heterocycles. The summed E-state index contributed by atoms with van der Waals surface area (Å²) in [4.78, 5) is 23.0. The van der Waals surface area contributed by atoms with Gasteiger partial charge in [-0.25, -0.2) is 4.31 Å². The lowest BCUT2D eigenvalue weighted by Gasteiger charge is -2.10. The molecule has 0 fully saturated rings. The molecule has 2 amide bonds. The Bertz CT molecular complexity index is 401. The minimum atomic E-state index is -2.78. The number of carbonyl (C=O) groups excluding carboxylic acids is 2. The van der Waals surface area contributed by atoms with Crippen LogP contribution in [0.4, 0.5) is 8.78 Å². The van der Waals surface area contributed by atoms with E-state index >= 15 is 0 Å². The minimum Gasteiger partial charge on any atom is -0.268 e. The maximum Gasteiger partial charge on any atom is 0.303 e. The van der Waals surface area contributed by atoms with E-state index in [0.717, 1.165) is 0 Å². The topological polar surface area (TPSA) is 37.4 Å². The minimum absolute atomic E-state index is 0.0643. The van der Waals surface area contributed by atoms with Gasteiger partial charge in [-0.3, -0.25) is 9.59 Å². The van der Waals surface area contributed by atoms with Crippen molar-refractivity contribution in [2.45, 2.75) is 5.76 Å². The Morgan fingerprint density at radius 1 is 1.07 bits per heavy atom. The van der Waals surface area contributed by atoms with Crippen molar-refractivity contribution in [2.24, 2.45) is 0 Å². The van der Waals surface area contributed by atoms with Gasteiger partial charge in [-0.2, -0.15) is 8.78 Å². The maximum atomic E-state index is 12.1. The second kappa shape index (κ2) is 3.62. The summed E-state index contributed by atoms with van der Waals surface area (Å²) in [6, 6.07) is 6.06. The van der Waals surface area contributed by atoms with Crippen molar-refractivity contribution in [3.8, 4) is 0 Å². The average molecular weight is 229 g/mol. The molecule has 1 aliphatic rings. The highest BCUT2D eigenvalue weighted by Gasteiger charge is 2.37. The zero-order valence-corrected chi connectivity index (χ0v) is 8.13. The number of alkyl halides is 2. The number of imide groups is 1. The Kier molecular flexibility index (Phi) is 2.44. The molecule has 6 heteroatoms. The second-order valence-electron chi connectivity index (χ2n) is 2.82. The number of hydrogen-bond acceptors (Lipinski definition) is 3. The summed E-state index contributed by atoms with van der Waals surface area (Å²) < 4.78 is 24.6. The van der Waals surface area contributed by atoms with Gasteiger partial charge in [0.1, 0.15) is 0 Å². The first-order valence-electron chi connectivity index (χ1n) is 4.04. The number of amides is 2. The largest absolute Gasteiger partial charge is 0.303 e. The molecule has 0 unspecified atom stereocenters. The van der Waals surface area contributed by atoms with E-state index in [0.29, 0.717) is 4.31 Å². The van der Waals surface area contributed by atoms with Crippen LogP contribution >= 0.6 is 11.9 Å². The predicted molar refractivity (Wildman–Crippen MR) is 50.5 cm³/mol. The van der Waals surface area contributed by atoms with Gasteiger partial charge in [0.25, 0.3) is 11.8 Å². The molecule has 1 aromatic rings. The van der Waals surface area contributed by atoms with Crippen LogP contribution in [0, 0.1) is 0 Å². The molecule has 0 atom stereocenters. The molecule has 0 aromatic heterocycles. The number of rotatable bonds is 2. The highest BCUT2D eigenvalue weighted by molar-refractivity contribution is 7.98. The van der Waals surface area contributed by atoms with Crippen molar-refractivity contribution in [3.05, 3.63) is 35.4 Å². The Labute approximate surface area is 88.2 Å². The molecule has 0 spiro atoms. The highest BCUT2D eigenvalue weighted by atomic mass is 32.2. The van der Waals surface area contributed by atoms with Gasteiger partial charge in [0.2, 0.25) is 0 Å². The van der Waals surface area contributed by atoms with Crippen LogP contribution in [0.3, 0.4) is 0 Å². The van der Waals surface area contributed by atoms with Gasteiger partial charge < -0.3 is 0 Å². The molecule has 78 valence electrons. The van der Waals surface area contributed by atoms with Gasteiger partial charge >= 0.3 is 5.76 Å². The molecule has 0 N–H and O–H groups in total. The van der Waals surface area contributed by atoms with Crippen molar-refractivity contribution >= 4 is 23.8 Å². The first-order valence-corrected chi connectivity index (χ1v) is 4.87. The SMILES string of the molecule is O=C1c2ccccc2C(=O)N1SC(F)F. The maximum absolute atomic E-state index is 12.1. The molecule has 15 heavy (non-hydrogen) atoms. The fraction of sp³-hybridized carbons (Fsp3) is 0.111. The van der Waals surface area contributed by atoms with Gasteiger partial charge in [0.05, 0.1) is 11.1 Å². The van der Waals surface area contributed by atoms with Crippen molar-refractivity contribution in [3.63, 3.8) is 0 Å². The fourth-order valence-corrected chi connectivity index (χ4v) is 1.89. The molecule has 0 radical (unpaired) electrons. The van der Waals surface area contributed by atoms with E-state index in [2.05, 4.69) is 0 Å². The van der Waals surface area contributed by atoms with Crippen LogP contribution in [0.5, 0.6) is 0 Å². The van der Waals surface area contributed by atoms with E-state index in [9.17, 15) is 18.4 Å². The van der Waals surface area contributed by atoms with Crippen LogP contribution in [0.25, 0.3) is 0 Å². The van der Waals surface area contributed by atoms with Crippen molar-refractivity contribution in [1.82, 2.24) is 4.31 Å². The number of nitrogens with zero attached hydrogens (tertiary/aromatic N) is 1. The van der Waals surface area contributed by atoms with Gasteiger partial charge in [0.15, 0.2) is 0 Å². The number of halogens is 2. The Morgan fingerprint density at radius 2 is 1.53 bits per heavy atom. The first kappa shape index (κ1) is 10.1. The predicted octanol–water partition coefficient (Wildman–Crippen LogP) is 2.15. The second-order valence-corrected chi connectivity index (χ2v) is 3.75. The van der Waals surface area contributed by atoms with E-state index < -0.39 is 17.6 Å². The lowest BCUT2D eigenvalue weighted by molar-refractivity contribution is 0.0769. The fourth-order valence-electron chi connectivity index (χ4n) is 1.34. The van der Waals surface area contributed by atoms with Gasteiger partial charge in [-0.1, -0.05) is 12.1 Å². The summed E-state index contributed by atoms with van der Waals surface area (Å²) in [5.74, 6) is -4.14. The van der Waals surface area contributed by atoms with Crippen LogP contribution < -0.4 is 0 Å². The lowest BCUT2D eigenvalue weighted by atomic mass is 10.1. The van der Waals surface area contributed by atoms with Crippen LogP contribution in [0.1, 0.15) is 20.7 Å². The zero-order chi connectivity index (χ0) is 11.0. The first-order chi connectivity index (χ1) is 7.11. The molecule has 1 heterocycles. The number of hydrogen-bond donors (Lipinski definition) is 0. The third-order valence-corrected chi connectivity index (χ3v) is 2.64. The molecule has 2 rings (SSSR count). The van der Waals surface area contributed by atoms with E-state index in [1.54, 1.807) is 12.1 Å². The van der Waals surface area contributed by atoms with Crippen LogP contribution in [0.15, 0.2) is 24.3 Å². The van der Waals surface area contributed by atoms with E-state index in [1.807, 2.05) is 0 Å². The molecular weight excluding hydrogens is 224 g/mol. The quantitative estimate of drug-likeness (QED) is 0.576. The summed E-state index contributed by atoms with van der Waals surface area (Å²) in [7, 11) is 0.